The van der Waals surface area contributed by atoms with Crippen LogP contribution in [-0.2, 0) is 4.74 Å². The number of hydrogen-bond acceptors (Lipinski definition) is 4. The molecule has 0 saturated heterocycles. The van der Waals surface area contributed by atoms with Crippen molar-refractivity contribution in [2.24, 2.45) is 0 Å². The molecule has 5 nitrogen and oxygen atoms in total. The first-order valence-electron chi connectivity index (χ1n) is 4.57. The summed E-state index contributed by atoms with van der Waals surface area (Å²) in [6.07, 6.45) is 1.56. The van der Waals surface area contributed by atoms with Crippen LogP contribution in [0.2, 0.25) is 0 Å². The van der Waals surface area contributed by atoms with Gasteiger partial charge in [0.2, 0.25) is 0 Å². The van der Waals surface area contributed by atoms with Gasteiger partial charge in [-0.3, -0.25) is 5.10 Å². The van der Waals surface area contributed by atoms with Gasteiger partial charge in [-0.1, -0.05) is 0 Å². The Morgan fingerprint density at radius 3 is 3.20 bits per heavy atom. The quantitative estimate of drug-likeness (QED) is 0.778. The molecule has 5 heteroatoms. The predicted octanol–water partition coefficient (Wildman–Crippen LogP) is 1.85. The van der Waals surface area contributed by atoms with Gasteiger partial charge in [0, 0.05) is 6.07 Å². The van der Waals surface area contributed by atoms with E-state index in [2.05, 4.69) is 10.2 Å². The fraction of sp³-hybridized carbons (Fsp3) is 0.200. The van der Waals surface area contributed by atoms with E-state index >= 15 is 0 Å². The number of furan rings is 1. The number of nitrogens with one attached hydrogen (secondary N) is 1. The summed E-state index contributed by atoms with van der Waals surface area (Å²) >= 11 is 0. The van der Waals surface area contributed by atoms with Crippen molar-refractivity contribution in [3.8, 4) is 11.5 Å². The number of nitrogens with zero attached hydrogens (tertiary/aromatic N) is 1. The number of aromatic nitrogens is 2. The smallest absolute Gasteiger partial charge is 0.358 e. The minimum atomic E-state index is -0.438. The second-order valence-corrected chi connectivity index (χ2v) is 2.86. The van der Waals surface area contributed by atoms with E-state index in [0.717, 1.165) is 0 Å². The van der Waals surface area contributed by atoms with Crippen LogP contribution in [-0.4, -0.2) is 22.8 Å². The molecule has 0 aliphatic heterocycles. The molecule has 0 spiro atoms. The summed E-state index contributed by atoms with van der Waals surface area (Å²) in [5.41, 5.74) is 0.909. The molecular weight excluding hydrogens is 196 g/mol. The van der Waals surface area contributed by atoms with E-state index in [1.165, 1.54) is 0 Å². The molecule has 0 radical (unpaired) electrons. The SMILES string of the molecule is CCOC(=O)c1cc(-c2ccco2)[nH]n1. The van der Waals surface area contributed by atoms with Crippen molar-refractivity contribution in [3.05, 3.63) is 30.2 Å². The highest BCUT2D eigenvalue weighted by Gasteiger charge is 2.12. The molecule has 2 aromatic rings. The lowest BCUT2D eigenvalue weighted by Crippen LogP contribution is -2.04. The van der Waals surface area contributed by atoms with Gasteiger partial charge in [0.25, 0.3) is 0 Å². The van der Waals surface area contributed by atoms with Crippen LogP contribution >= 0.6 is 0 Å². The van der Waals surface area contributed by atoms with Gasteiger partial charge >= 0.3 is 5.97 Å². The van der Waals surface area contributed by atoms with Gasteiger partial charge in [-0.2, -0.15) is 5.10 Å². The van der Waals surface area contributed by atoms with Crippen LogP contribution < -0.4 is 0 Å². The van der Waals surface area contributed by atoms with E-state index in [1.54, 1.807) is 31.4 Å². The number of aromatic amines is 1. The van der Waals surface area contributed by atoms with Crippen LogP contribution in [0.3, 0.4) is 0 Å². The van der Waals surface area contributed by atoms with Crippen molar-refractivity contribution in [2.75, 3.05) is 6.61 Å². The lowest BCUT2D eigenvalue weighted by atomic mass is 10.3. The van der Waals surface area contributed by atoms with Crippen molar-refractivity contribution in [1.82, 2.24) is 10.2 Å². The summed E-state index contributed by atoms with van der Waals surface area (Å²) in [5.74, 6) is 0.199. The topological polar surface area (TPSA) is 68.1 Å². The maximum atomic E-state index is 11.3. The molecule has 0 atom stereocenters. The van der Waals surface area contributed by atoms with Crippen molar-refractivity contribution < 1.29 is 13.9 Å². The Hall–Kier alpha value is -2.04. The highest BCUT2D eigenvalue weighted by Crippen LogP contribution is 2.17. The molecule has 2 aromatic heterocycles. The molecule has 1 N–H and O–H groups in total. The Balaban J connectivity index is 2.21. The molecule has 2 heterocycles. The van der Waals surface area contributed by atoms with E-state index in [4.69, 9.17) is 9.15 Å². The average Bonchev–Trinajstić information content (AvgIpc) is 2.89. The molecule has 0 aromatic carbocycles. The van der Waals surface area contributed by atoms with Gasteiger partial charge < -0.3 is 9.15 Å². The van der Waals surface area contributed by atoms with E-state index in [0.29, 0.717) is 18.1 Å². The monoisotopic (exact) mass is 206 g/mol. The highest BCUT2D eigenvalue weighted by molar-refractivity contribution is 5.88. The first-order chi connectivity index (χ1) is 7.31. The lowest BCUT2D eigenvalue weighted by Gasteiger charge is -1.94. The van der Waals surface area contributed by atoms with Crippen molar-refractivity contribution in [3.63, 3.8) is 0 Å². The Morgan fingerprint density at radius 1 is 1.67 bits per heavy atom. The Kier molecular flexibility index (Phi) is 2.53. The molecule has 15 heavy (non-hydrogen) atoms. The van der Waals surface area contributed by atoms with Gasteiger partial charge in [0.05, 0.1) is 12.9 Å². The fourth-order valence-electron chi connectivity index (χ4n) is 1.19. The van der Waals surface area contributed by atoms with E-state index in [-0.39, 0.29) is 5.69 Å². The number of hydrogen-bond donors (Lipinski definition) is 1. The van der Waals surface area contributed by atoms with Crippen molar-refractivity contribution in [1.29, 1.82) is 0 Å². The standard InChI is InChI=1S/C10H10N2O3/c1-2-14-10(13)8-6-7(11-12-8)9-4-3-5-15-9/h3-6H,2H2,1H3,(H,11,12). The van der Waals surface area contributed by atoms with Crippen LogP contribution in [0.25, 0.3) is 11.5 Å². The number of ether oxygens (including phenoxy) is 1. The van der Waals surface area contributed by atoms with E-state index in [1.807, 2.05) is 0 Å². The molecular formula is C10H10N2O3. The minimum absolute atomic E-state index is 0.253. The van der Waals surface area contributed by atoms with Crippen molar-refractivity contribution >= 4 is 5.97 Å². The third-order valence-corrected chi connectivity index (χ3v) is 1.85. The molecule has 0 unspecified atom stereocenters. The Bertz CT molecular complexity index is 445. The van der Waals surface area contributed by atoms with Gasteiger partial charge in [-0.15, -0.1) is 0 Å². The summed E-state index contributed by atoms with van der Waals surface area (Å²) in [6, 6.07) is 5.14. The summed E-state index contributed by atoms with van der Waals surface area (Å²) < 4.78 is 9.96. The zero-order valence-corrected chi connectivity index (χ0v) is 8.19. The molecule has 0 saturated carbocycles. The lowest BCUT2D eigenvalue weighted by molar-refractivity contribution is 0.0519. The molecule has 0 amide bonds. The van der Waals surface area contributed by atoms with E-state index < -0.39 is 5.97 Å². The number of carbonyl (C=O) groups excluding carboxylic acids is 1. The third kappa shape index (κ3) is 1.90. The molecule has 0 aliphatic rings. The van der Waals surface area contributed by atoms with E-state index in [9.17, 15) is 4.79 Å². The maximum absolute atomic E-state index is 11.3. The summed E-state index contributed by atoms with van der Waals surface area (Å²) in [4.78, 5) is 11.3. The molecule has 78 valence electrons. The van der Waals surface area contributed by atoms with Crippen LogP contribution in [0.5, 0.6) is 0 Å². The molecule has 0 aliphatic carbocycles. The average molecular weight is 206 g/mol. The summed E-state index contributed by atoms with van der Waals surface area (Å²) in [7, 11) is 0. The zero-order chi connectivity index (χ0) is 10.7. The maximum Gasteiger partial charge on any atom is 0.358 e. The molecule has 2 rings (SSSR count). The Labute approximate surface area is 86.0 Å². The number of H-pyrrole nitrogens is 1. The summed E-state index contributed by atoms with van der Waals surface area (Å²) in [6.45, 7) is 2.08. The second kappa shape index (κ2) is 4.00. The van der Waals surface area contributed by atoms with Gasteiger partial charge in [0.1, 0.15) is 5.69 Å². The first kappa shape index (κ1) is 9.51. The molecule has 0 bridgehead atoms. The van der Waals surface area contributed by atoms with Crippen LogP contribution in [0.1, 0.15) is 17.4 Å². The van der Waals surface area contributed by atoms with Crippen LogP contribution in [0.4, 0.5) is 0 Å². The fourth-order valence-corrected chi connectivity index (χ4v) is 1.19. The van der Waals surface area contributed by atoms with Crippen LogP contribution in [0, 0.1) is 0 Å². The zero-order valence-electron chi connectivity index (χ0n) is 8.19. The van der Waals surface area contributed by atoms with Crippen LogP contribution in [0.15, 0.2) is 28.9 Å². The minimum Gasteiger partial charge on any atom is -0.463 e. The largest absolute Gasteiger partial charge is 0.463 e. The van der Waals surface area contributed by atoms with Gasteiger partial charge in [0.15, 0.2) is 11.5 Å². The van der Waals surface area contributed by atoms with Gasteiger partial charge in [-0.05, 0) is 19.1 Å². The first-order valence-corrected chi connectivity index (χ1v) is 4.57. The Morgan fingerprint density at radius 2 is 2.53 bits per heavy atom. The van der Waals surface area contributed by atoms with Crippen molar-refractivity contribution in [2.45, 2.75) is 6.92 Å². The predicted molar refractivity (Wildman–Crippen MR) is 52.2 cm³/mol. The third-order valence-electron chi connectivity index (χ3n) is 1.85. The normalized spacial score (nSPS) is 10.2. The number of carbonyl (C=O) groups is 1. The highest BCUT2D eigenvalue weighted by atomic mass is 16.5. The summed E-state index contributed by atoms with van der Waals surface area (Å²) in [5, 5.41) is 6.53. The molecule has 0 fully saturated rings. The number of rotatable bonds is 3. The number of esters is 1. The van der Waals surface area contributed by atoms with Gasteiger partial charge in [-0.25, -0.2) is 4.79 Å². The second-order valence-electron chi connectivity index (χ2n) is 2.86.